The van der Waals surface area contributed by atoms with Gasteiger partial charge in [-0.1, -0.05) is 0 Å². The van der Waals surface area contributed by atoms with Gasteiger partial charge in [0.25, 0.3) is 5.91 Å². The van der Waals surface area contributed by atoms with Crippen LogP contribution in [0.1, 0.15) is 43.2 Å². The molecule has 2 amide bonds. The monoisotopic (exact) mass is 479 g/mol. The number of anilines is 3. The molecule has 34 heavy (non-hydrogen) atoms. The highest BCUT2D eigenvalue weighted by Crippen LogP contribution is 2.28. The number of hydrogen-bond donors (Lipinski definition) is 4. The summed E-state index contributed by atoms with van der Waals surface area (Å²) in [7, 11) is 0. The molecule has 1 aromatic carbocycles. The Bertz CT molecular complexity index is 1250. The molecular formula is C20H24F3N9O2. The highest BCUT2D eigenvalue weighted by Gasteiger charge is 2.35. The van der Waals surface area contributed by atoms with Crippen molar-refractivity contribution >= 4 is 40.2 Å². The molecule has 0 fully saturated rings. The average molecular weight is 479 g/mol. The van der Waals surface area contributed by atoms with Crippen molar-refractivity contribution in [3.05, 3.63) is 29.6 Å². The third-order valence-electron chi connectivity index (χ3n) is 4.75. The number of alkyl halides is 3. The summed E-state index contributed by atoms with van der Waals surface area (Å²) in [5, 5.41) is 17.7. The number of hydrogen-bond acceptors (Lipinski definition) is 8. The first-order valence-electron chi connectivity index (χ1n) is 10.1. The second-order valence-corrected chi connectivity index (χ2v) is 8.72. The van der Waals surface area contributed by atoms with Crippen LogP contribution < -0.4 is 22.1 Å². The van der Waals surface area contributed by atoms with E-state index < -0.39 is 36.4 Å². The molecule has 2 heterocycles. The number of halogens is 3. The molecule has 2 aromatic heterocycles. The van der Waals surface area contributed by atoms with Gasteiger partial charge in [0.05, 0.1) is 17.5 Å². The molecule has 182 valence electrons. The summed E-state index contributed by atoms with van der Waals surface area (Å²) < 4.78 is 40.1. The Morgan fingerprint density at radius 2 is 1.82 bits per heavy atom. The lowest BCUT2D eigenvalue weighted by atomic mass is 10.1. The summed E-state index contributed by atoms with van der Waals surface area (Å²) in [4.78, 5) is 27.3. The molecule has 0 radical (unpaired) electrons. The zero-order chi connectivity index (χ0) is 25.4. The number of aryl methyl sites for hydroxylation is 1. The second-order valence-electron chi connectivity index (χ2n) is 8.72. The van der Waals surface area contributed by atoms with Gasteiger partial charge in [-0.15, -0.1) is 10.2 Å². The quantitative estimate of drug-likeness (QED) is 0.401. The molecule has 0 aliphatic heterocycles. The van der Waals surface area contributed by atoms with Crippen molar-refractivity contribution in [1.29, 1.82) is 0 Å². The van der Waals surface area contributed by atoms with Crippen molar-refractivity contribution in [3.8, 4) is 0 Å². The van der Waals surface area contributed by atoms with E-state index in [2.05, 4.69) is 30.9 Å². The molecule has 0 aliphatic rings. The molecule has 0 saturated carbocycles. The smallest absolute Gasteiger partial charge is 0.368 e. The van der Waals surface area contributed by atoms with E-state index in [4.69, 9.17) is 11.5 Å². The van der Waals surface area contributed by atoms with E-state index in [0.29, 0.717) is 5.69 Å². The Morgan fingerprint density at radius 1 is 1.15 bits per heavy atom. The third kappa shape index (κ3) is 5.68. The highest BCUT2D eigenvalue weighted by atomic mass is 19.4. The van der Waals surface area contributed by atoms with Crippen molar-refractivity contribution in [3.63, 3.8) is 0 Å². The summed E-state index contributed by atoms with van der Waals surface area (Å²) in [6.45, 7) is 7.87. The number of nitrogens with one attached hydrogen (secondary N) is 2. The van der Waals surface area contributed by atoms with Gasteiger partial charge < -0.3 is 22.1 Å². The number of primary amides is 2. The van der Waals surface area contributed by atoms with Crippen LogP contribution >= 0.6 is 0 Å². The van der Waals surface area contributed by atoms with E-state index in [-0.39, 0.29) is 17.1 Å². The Kier molecular flexibility index (Phi) is 6.35. The minimum Gasteiger partial charge on any atom is -0.368 e. The maximum Gasteiger partial charge on any atom is 0.391 e. The van der Waals surface area contributed by atoms with Crippen molar-refractivity contribution < 1.29 is 22.8 Å². The molecular weight excluding hydrogens is 455 g/mol. The van der Waals surface area contributed by atoms with Gasteiger partial charge in [0, 0.05) is 17.3 Å². The molecule has 14 heteroatoms. The van der Waals surface area contributed by atoms with Gasteiger partial charge in [0.1, 0.15) is 6.04 Å². The summed E-state index contributed by atoms with van der Waals surface area (Å²) in [6.07, 6.45) is -4.35. The Hall–Kier alpha value is -3.97. The molecule has 0 aliphatic carbocycles. The largest absolute Gasteiger partial charge is 0.391 e. The number of nitrogens with two attached hydrogens (primary N) is 2. The molecule has 0 bridgehead atoms. The summed E-state index contributed by atoms with van der Waals surface area (Å²) in [6, 6.07) is 1.67. The molecule has 1 atom stereocenters. The van der Waals surface area contributed by atoms with Crippen LogP contribution in [0.5, 0.6) is 0 Å². The number of nitrogens with zero attached hydrogens (tertiary/aromatic N) is 5. The normalized spacial score (nSPS) is 13.0. The van der Waals surface area contributed by atoms with Crippen molar-refractivity contribution in [2.75, 3.05) is 10.6 Å². The van der Waals surface area contributed by atoms with Crippen LogP contribution in [0, 0.1) is 6.92 Å². The fraction of sp³-hybridized carbons (Fsp3) is 0.400. The van der Waals surface area contributed by atoms with Gasteiger partial charge in [-0.2, -0.15) is 23.3 Å². The first kappa shape index (κ1) is 24.7. The zero-order valence-corrected chi connectivity index (χ0v) is 18.9. The number of benzene rings is 1. The van der Waals surface area contributed by atoms with Gasteiger partial charge in [-0.05, 0) is 45.4 Å². The van der Waals surface area contributed by atoms with Crippen LogP contribution in [-0.4, -0.2) is 49.0 Å². The summed E-state index contributed by atoms with van der Waals surface area (Å²) >= 11 is 0. The fourth-order valence-electron chi connectivity index (χ4n) is 3.11. The van der Waals surface area contributed by atoms with E-state index in [0.717, 1.165) is 16.5 Å². The predicted octanol–water partition coefficient (Wildman–Crippen LogP) is 2.35. The zero-order valence-electron chi connectivity index (χ0n) is 18.9. The summed E-state index contributed by atoms with van der Waals surface area (Å²) in [5.74, 6) is -2.83. The van der Waals surface area contributed by atoms with Gasteiger partial charge in [-0.25, -0.2) is 0 Å². The minimum atomic E-state index is -4.67. The predicted molar refractivity (Wildman–Crippen MR) is 118 cm³/mol. The lowest BCUT2D eigenvalue weighted by molar-refractivity contribution is -0.144. The van der Waals surface area contributed by atoms with Gasteiger partial charge in [0.15, 0.2) is 11.5 Å². The van der Waals surface area contributed by atoms with Crippen LogP contribution in [-0.2, 0) is 10.3 Å². The van der Waals surface area contributed by atoms with E-state index in [9.17, 15) is 22.8 Å². The lowest BCUT2D eigenvalue weighted by Gasteiger charge is -2.18. The fourth-order valence-corrected chi connectivity index (χ4v) is 3.11. The Morgan fingerprint density at radius 3 is 2.38 bits per heavy atom. The lowest BCUT2D eigenvalue weighted by Crippen LogP contribution is -2.39. The minimum absolute atomic E-state index is 0.165. The molecule has 11 nitrogen and oxygen atoms in total. The van der Waals surface area contributed by atoms with Crippen LogP contribution in [0.2, 0.25) is 0 Å². The maximum absolute atomic E-state index is 12.8. The third-order valence-corrected chi connectivity index (χ3v) is 4.75. The van der Waals surface area contributed by atoms with Gasteiger partial charge >= 0.3 is 6.18 Å². The highest BCUT2D eigenvalue weighted by molar-refractivity contribution is 5.96. The Balaban J connectivity index is 1.97. The number of carbonyl (C=O) groups excluding carboxylic acids is 2. The van der Waals surface area contributed by atoms with Gasteiger partial charge in [0.2, 0.25) is 11.9 Å². The first-order chi connectivity index (χ1) is 15.6. The maximum atomic E-state index is 12.8. The van der Waals surface area contributed by atoms with Crippen LogP contribution in [0.15, 0.2) is 18.3 Å². The topological polar surface area (TPSA) is 167 Å². The van der Waals surface area contributed by atoms with Gasteiger partial charge in [-0.3, -0.25) is 14.3 Å². The number of fused-ring (bicyclic) bond motifs is 1. The standard InChI is InChI=1S/C20H24F3N9O2/c1-9-5-11(6-10-8-32(19(2,3)4)31-13(9)10)26-17-14(16(25)34)29-30-18(28-17)27-12(15(24)33)7-20(21,22)23/h5-6,8,12H,7H2,1-4H3,(H2,24,33)(H2,25,34)(H2,26,27,28,30)/t12-/m1/s1. The number of amides is 2. The molecule has 0 saturated heterocycles. The van der Waals surface area contributed by atoms with Crippen LogP contribution in [0.3, 0.4) is 0 Å². The SMILES string of the molecule is Cc1cc(Nc2nc(N[C@H](CC(F)(F)F)C(N)=O)nnc2C(N)=O)cc2cn(C(C)(C)C)nc12. The molecule has 3 rings (SSSR count). The molecule has 0 spiro atoms. The van der Waals surface area contributed by atoms with E-state index in [1.165, 1.54) is 0 Å². The average Bonchev–Trinajstić information content (AvgIpc) is 3.11. The van der Waals surface area contributed by atoms with Crippen molar-refractivity contribution in [1.82, 2.24) is 25.0 Å². The number of rotatable bonds is 7. The number of carbonyl (C=O) groups is 2. The number of aromatic nitrogens is 5. The molecule has 3 aromatic rings. The first-order valence-corrected chi connectivity index (χ1v) is 10.1. The van der Waals surface area contributed by atoms with E-state index in [1.54, 1.807) is 12.1 Å². The van der Waals surface area contributed by atoms with Crippen LogP contribution in [0.4, 0.5) is 30.6 Å². The van der Waals surface area contributed by atoms with Crippen molar-refractivity contribution in [2.24, 2.45) is 11.5 Å². The Labute approximate surface area is 192 Å². The molecule has 0 unspecified atom stereocenters. The summed E-state index contributed by atoms with van der Waals surface area (Å²) in [5.41, 5.74) is 11.9. The van der Waals surface area contributed by atoms with E-state index in [1.807, 2.05) is 38.6 Å². The second kappa shape index (κ2) is 8.76. The van der Waals surface area contributed by atoms with E-state index >= 15 is 0 Å². The van der Waals surface area contributed by atoms with Crippen molar-refractivity contribution in [2.45, 2.75) is 51.9 Å². The van der Waals surface area contributed by atoms with Crippen LogP contribution in [0.25, 0.3) is 10.9 Å². The molecule has 6 N–H and O–H groups in total.